The third kappa shape index (κ3) is 6.22. The van der Waals surface area contributed by atoms with Crippen LogP contribution in [0, 0.1) is 0 Å². The number of nitrogen functional groups attached to an aromatic ring is 1. The third-order valence-corrected chi connectivity index (χ3v) is 6.27. The smallest absolute Gasteiger partial charge is 0.163 e. The highest BCUT2D eigenvalue weighted by Crippen LogP contribution is 2.38. The molecule has 0 radical (unpaired) electrons. The number of para-hydroxylation sites is 1. The van der Waals surface area contributed by atoms with Gasteiger partial charge in [-0.2, -0.15) is 0 Å². The lowest BCUT2D eigenvalue weighted by atomic mass is 10.1. The van der Waals surface area contributed by atoms with E-state index >= 15 is 0 Å². The minimum absolute atomic E-state index is 0.540. The molecule has 3 N–H and O–H groups in total. The summed E-state index contributed by atoms with van der Waals surface area (Å²) in [6.07, 6.45) is 2.58. The molecule has 0 bridgehead atoms. The molecule has 192 valence electrons. The van der Waals surface area contributed by atoms with Crippen molar-refractivity contribution in [3.63, 3.8) is 0 Å². The lowest BCUT2D eigenvalue weighted by Crippen LogP contribution is -2.37. The van der Waals surface area contributed by atoms with E-state index in [1.807, 2.05) is 66.7 Å². The Labute approximate surface area is 216 Å². The molecule has 37 heavy (non-hydrogen) atoms. The first-order chi connectivity index (χ1) is 18.2. The molecule has 1 aromatic heterocycles. The number of morpholine rings is 1. The third-order valence-electron chi connectivity index (χ3n) is 6.27. The fraction of sp³-hybridized carbons (Fsp3) is 0.276. The molecule has 3 aromatic carbocycles. The zero-order valence-electron chi connectivity index (χ0n) is 21.0. The number of nitrogens with zero attached hydrogens (tertiary/aromatic N) is 2. The number of ether oxygens (including phenoxy) is 4. The number of fused-ring (bicyclic) bond motifs is 1. The predicted molar refractivity (Wildman–Crippen MR) is 146 cm³/mol. The van der Waals surface area contributed by atoms with Crippen LogP contribution >= 0.6 is 0 Å². The van der Waals surface area contributed by atoms with Crippen LogP contribution in [0.1, 0.15) is 6.42 Å². The van der Waals surface area contributed by atoms with Crippen LogP contribution in [0.4, 0.5) is 17.1 Å². The van der Waals surface area contributed by atoms with Gasteiger partial charge in [0.15, 0.2) is 11.5 Å². The van der Waals surface area contributed by atoms with E-state index in [2.05, 4.69) is 15.2 Å². The molecule has 0 amide bonds. The van der Waals surface area contributed by atoms with Gasteiger partial charge >= 0.3 is 0 Å². The van der Waals surface area contributed by atoms with Gasteiger partial charge in [0.1, 0.15) is 11.5 Å². The van der Waals surface area contributed by atoms with E-state index in [-0.39, 0.29) is 0 Å². The fourth-order valence-corrected chi connectivity index (χ4v) is 4.30. The van der Waals surface area contributed by atoms with E-state index in [0.29, 0.717) is 23.8 Å². The van der Waals surface area contributed by atoms with Gasteiger partial charge in [-0.1, -0.05) is 18.2 Å². The SMILES string of the molecule is COc1cc2c(Nc3ccc(Oc4ccccc4)cc3)c(N)cnc2cc1OCCCN1CCOCC1. The molecule has 1 saturated heterocycles. The molecule has 0 saturated carbocycles. The second-order valence-electron chi connectivity index (χ2n) is 8.83. The first kappa shape index (κ1) is 24.7. The Bertz CT molecular complexity index is 1310. The van der Waals surface area contributed by atoms with Crippen LogP contribution in [0.2, 0.25) is 0 Å². The quantitative estimate of drug-likeness (QED) is 0.277. The van der Waals surface area contributed by atoms with Gasteiger partial charge in [-0.25, -0.2) is 0 Å². The molecule has 2 heterocycles. The van der Waals surface area contributed by atoms with Gasteiger partial charge < -0.3 is 30.0 Å². The number of anilines is 3. The van der Waals surface area contributed by atoms with Crippen molar-refractivity contribution in [3.05, 3.63) is 72.9 Å². The number of hydrogen-bond acceptors (Lipinski definition) is 8. The van der Waals surface area contributed by atoms with E-state index in [9.17, 15) is 0 Å². The average molecular weight is 501 g/mol. The van der Waals surface area contributed by atoms with E-state index in [0.717, 1.165) is 73.0 Å². The first-order valence-electron chi connectivity index (χ1n) is 12.5. The number of pyridine rings is 1. The standard InChI is InChI=1S/C29H32N4O4/c1-34-27-18-24-26(19-28(27)36-15-5-12-33-13-16-35-17-14-33)31-20-25(30)29(24)32-21-8-10-23(11-9-21)37-22-6-3-2-4-7-22/h2-4,6-11,18-20H,5,12-17,30H2,1H3,(H,31,32). The average Bonchev–Trinajstić information content (AvgIpc) is 2.94. The highest BCUT2D eigenvalue weighted by atomic mass is 16.5. The monoisotopic (exact) mass is 500 g/mol. The Morgan fingerprint density at radius 1 is 0.973 bits per heavy atom. The van der Waals surface area contributed by atoms with Crippen LogP contribution in [-0.4, -0.2) is 56.4 Å². The molecule has 1 fully saturated rings. The Morgan fingerprint density at radius 3 is 2.49 bits per heavy atom. The minimum atomic E-state index is 0.540. The van der Waals surface area contributed by atoms with Crippen LogP contribution in [-0.2, 0) is 4.74 Å². The van der Waals surface area contributed by atoms with Gasteiger partial charge in [-0.05, 0) is 48.9 Å². The maximum atomic E-state index is 6.33. The molecular weight excluding hydrogens is 468 g/mol. The summed E-state index contributed by atoms with van der Waals surface area (Å²) in [6.45, 7) is 5.13. The molecule has 1 aliphatic heterocycles. The number of rotatable bonds is 10. The summed E-state index contributed by atoms with van der Waals surface area (Å²) in [6, 6.07) is 21.3. The highest BCUT2D eigenvalue weighted by molar-refractivity contribution is 6.00. The molecule has 4 aromatic rings. The summed E-state index contributed by atoms with van der Waals surface area (Å²) in [5.74, 6) is 2.85. The van der Waals surface area contributed by atoms with Crippen molar-refractivity contribution in [1.82, 2.24) is 9.88 Å². The van der Waals surface area contributed by atoms with Crippen LogP contribution in [0.25, 0.3) is 10.9 Å². The highest BCUT2D eigenvalue weighted by Gasteiger charge is 2.14. The van der Waals surface area contributed by atoms with Crippen molar-refractivity contribution in [1.29, 1.82) is 0 Å². The minimum Gasteiger partial charge on any atom is -0.493 e. The summed E-state index contributed by atoms with van der Waals surface area (Å²) >= 11 is 0. The molecule has 0 aliphatic carbocycles. The topological polar surface area (TPSA) is 91.1 Å². The number of hydrogen-bond donors (Lipinski definition) is 2. The maximum absolute atomic E-state index is 6.33. The van der Waals surface area contributed by atoms with E-state index in [1.165, 1.54) is 0 Å². The Morgan fingerprint density at radius 2 is 1.73 bits per heavy atom. The van der Waals surface area contributed by atoms with Crippen molar-refractivity contribution >= 4 is 28.0 Å². The number of benzene rings is 3. The summed E-state index contributed by atoms with van der Waals surface area (Å²) in [7, 11) is 1.64. The lowest BCUT2D eigenvalue weighted by molar-refractivity contribution is 0.0357. The maximum Gasteiger partial charge on any atom is 0.163 e. The van der Waals surface area contributed by atoms with Crippen molar-refractivity contribution in [2.75, 3.05) is 57.6 Å². The van der Waals surface area contributed by atoms with Crippen LogP contribution in [0.15, 0.2) is 72.9 Å². The lowest BCUT2D eigenvalue weighted by Gasteiger charge is -2.26. The first-order valence-corrected chi connectivity index (χ1v) is 12.5. The van der Waals surface area contributed by atoms with E-state index in [1.54, 1.807) is 13.3 Å². The zero-order chi connectivity index (χ0) is 25.5. The number of aromatic nitrogens is 1. The predicted octanol–water partition coefficient (Wildman–Crippen LogP) is 5.46. The van der Waals surface area contributed by atoms with Crippen LogP contribution < -0.4 is 25.3 Å². The number of nitrogens with two attached hydrogens (primary N) is 1. The van der Waals surface area contributed by atoms with Crippen molar-refractivity contribution in [3.8, 4) is 23.0 Å². The number of nitrogens with one attached hydrogen (secondary N) is 1. The molecule has 8 nitrogen and oxygen atoms in total. The van der Waals surface area contributed by atoms with Gasteiger partial charge in [-0.3, -0.25) is 9.88 Å². The number of methoxy groups -OCH3 is 1. The Hall–Kier alpha value is -4.01. The van der Waals surface area contributed by atoms with E-state index in [4.69, 9.17) is 24.7 Å². The summed E-state index contributed by atoms with van der Waals surface area (Å²) in [5, 5.41) is 4.28. The van der Waals surface area contributed by atoms with Crippen molar-refractivity contribution < 1.29 is 18.9 Å². The zero-order valence-corrected chi connectivity index (χ0v) is 21.0. The molecule has 0 atom stereocenters. The van der Waals surface area contributed by atoms with Crippen molar-refractivity contribution in [2.24, 2.45) is 0 Å². The van der Waals surface area contributed by atoms with Crippen molar-refractivity contribution in [2.45, 2.75) is 6.42 Å². The van der Waals surface area contributed by atoms with E-state index < -0.39 is 0 Å². The Balaban J connectivity index is 1.29. The van der Waals surface area contributed by atoms with Crippen LogP contribution in [0.5, 0.6) is 23.0 Å². The second-order valence-corrected chi connectivity index (χ2v) is 8.83. The normalized spacial score (nSPS) is 13.9. The van der Waals surface area contributed by atoms with Gasteiger partial charge in [-0.15, -0.1) is 0 Å². The van der Waals surface area contributed by atoms with Gasteiger partial charge in [0.25, 0.3) is 0 Å². The molecule has 8 heteroatoms. The molecular formula is C29H32N4O4. The molecule has 1 aliphatic rings. The summed E-state index contributed by atoms with van der Waals surface area (Å²) < 4.78 is 23.0. The summed E-state index contributed by atoms with van der Waals surface area (Å²) in [4.78, 5) is 6.93. The fourth-order valence-electron chi connectivity index (χ4n) is 4.30. The van der Waals surface area contributed by atoms with Gasteiger partial charge in [0, 0.05) is 36.8 Å². The van der Waals surface area contributed by atoms with Gasteiger partial charge in [0.2, 0.25) is 0 Å². The van der Waals surface area contributed by atoms with Gasteiger partial charge in [0.05, 0.1) is 50.0 Å². The molecule has 5 rings (SSSR count). The van der Waals surface area contributed by atoms with Crippen LogP contribution in [0.3, 0.4) is 0 Å². The Kier molecular flexibility index (Phi) is 7.88. The molecule has 0 unspecified atom stereocenters. The molecule has 0 spiro atoms. The second kappa shape index (κ2) is 11.8. The summed E-state index contributed by atoms with van der Waals surface area (Å²) in [5.41, 5.74) is 9.28. The largest absolute Gasteiger partial charge is 0.493 e.